The van der Waals surface area contributed by atoms with Gasteiger partial charge in [-0.15, -0.1) is 0 Å². The van der Waals surface area contributed by atoms with Crippen LogP contribution in [-0.4, -0.2) is 29.5 Å². The summed E-state index contributed by atoms with van der Waals surface area (Å²) < 4.78 is 46.0. The largest absolute Gasteiger partial charge is 0.480 e. The Morgan fingerprint density at radius 1 is 0.946 bits per heavy atom. The zero-order valence-electron chi connectivity index (χ0n) is 21.5. The summed E-state index contributed by atoms with van der Waals surface area (Å²) in [5.41, 5.74) is 2.30. The third-order valence-electron chi connectivity index (χ3n) is 6.33. The van der Waals surface area contributed by atoms with Crippen LogP contribution in [0.25, 0.3) is 11.0 Å². The maximum atomic E-state index is 13.8. The van der Waals surface area contributed by atoms with Crippen molar-refractivity contribution in [2.75, 3.05) is 5.75 Å². The molecule has 0 bridgehead atoms. The van der Waals surface area contributed by atoms with Crippen LogP contribution in [0.2, 0.25) is 0 Å². The number of nitrogens with zero attached hydrogens (tertiary/aromatic N) is 2. The first-order valence-corrected chi connectivity index (χ1v) is 13.9. The van der Waals surface area contributed by atoms with Crippen molar-refractivity contribution >= 4 is 26.7 Å². The smallest absolute Gasteiger partial charge is 0.178 e. The van der Waals surface area contributed by atoms with Gasteiger partial charge in [0.15, 0.2) is 21.3 Å². The molecule has 0 saturated carbocycles. The number of ketones is 1. The van der Waals surface area contributed by atoms with Gasteiger partial charge in [0.05, 0.1) is 21.7 Å². The van der Waals surface area contributed by atoms with Crippen LogP contribution in [-0.2, 0) is 39.6 Å². The van der Waals surface area contributed by atoms with E-state index in [1.54, 1.807) is 37.3 Å². The van der Waals surface area contributed by atoms with Crippen LogP contribution in [0.3, 0.4) is 0 Å². The summed E-state index contributed by atoms with van der Waals surface area (Å²) >= 11 is 0. The van der Waals surface area contributed by atoms with Crippen molar-refractivity contribution in [1.29, 1.82) is 0 Å². The summed E-state index contributed by atoms with van der Waals surface area (Å²) in [6.45, 7) is 8.06. The molecule has 0 aliphatic rings. The van der Waals surface area contributed by atoms with Crippen LogP contribution in [0.4, 0.5) is 4.39 Å². The number of carbonyl (C=O) groups excluding carboxylic acids is 1. The minimum Gasteiger partial charge on any atom is -0.480 e. The maximum absolute atomic E-state index is 13.8. The number of hydrogen-bond acceptors (Lipinski definition) is 5. The highest BCUT2D eigenvalue weighted by atomic mass is 32.2. The first-order valence-electron chi connectivity index (χ1n) is 12.3. The number of benzene rings is 3. The summed E-state index contributed by atoms with van der Waals surface area (Å²) in [6.07, 6.45) is 0.488. The molecule has 0 aliphatic carbocycles. The second kappa shape index (κ2) is 10.5. The fourth-order valence-electron chi connectivity index (χ4n) is 4.39. The SMILES string of the molecule is CCn1c(C(C)(C)Oc2ccc(CC(=O)Cc3ccc(S(=O)(=O)CC)cc3)cc2)nc2ccc(F)cc21. The standard InChI is InChI=1S/C29H31FN2O4S/c1-5-32-27-19-22(30)11-16-26(27)31-28(32)29(3,4)36-24-12-7-20(8-13-24)17-23(33)18-21-9-14-25(15-10-21)37(34,35)6-2/h7-16,19H,5-6,17-18H2,1-4H3. The van der Waals surface area contributed by atoms with E-state index in [9.17, 15) is 17.6 Å². The van der Waals surface area contributed by atoms with E-state index >= 15 is 0 Å². The van der Waals surface area contributed by atoms with Crippen molar-refractivity contribution in [3.05, 3.63) is 89.5 Å². The fourth-order valence-corrected chi connectivity index (χ4v) is 5.27. The third kappa shape index (κ3) is 5.91. The molecule has 0 aliphatic heterocycles. The maximum Gasteiger partial charge on any atom is 0.178 e. The average Bonchev–Trinajstić information content (AvgIpc) is 3.24. The number of aromatic nitrogens is 2. The molecular weight excluding hydrogens is 491 g/mol. The average molecular weight is 523 g/mol. The molecule has 0 atom stereocenters. The Hall–Kier alpha value is -3.52. The zero-order valence-corrected chi connectivity index (χ0v) is 22.3. The molecule has 194 valence electrons. The predicted octanol–water partition coefficient (Wildman–Crippen LogP) is 5.66. The Bertz CT molecular complexity index is 1520. The van der Waals surface area contributed by atoms with E-state index in [2.05, 4.69) is 0 Å². The van der Waals surface area contributed by atoms with Crippen molar-refractivity contribution in [3.63, 3.8) is 0 Å². The molecular formula is C29H31FN2O4S. The van der Waals surface area contributed by atoms with Gasteiger partial charge in [0, 0.05) is 19.4 Å². The summed E-state index contributed by atoms with van der Waals surface area (Å²) in [5, 5.41) is 0. The van der Waals surface area contributed by atoms with Gasteiger partial charge in [-0.3, -0.25) is 4.79 Å². The molecule has 0 spiro atoms. The second-order valence-corrected chi connectivity index (χ2v) is 11.8. The molecule has 4 aromatic rings. The monoisotopic (exact) mass is 522 g/mol. The molecule has 1 aromatic heterocycles. The number of hydrogen-bond donors (Lipinski definition) is 0. The van der Waals surface area contributed by atoms with Gasteiger partial charge in [-0.25, -0.2) is 17.8 Å². The van der Waals surface area contributed by atoms with E-state index in [0.29, 0.717) is 23.6 Å². The van der Waals surface area contributed by atoms with Gasteiger partial charge in [-0.1, -0.05) is 31.2 Å². The highest BCUT2D eigenvalue weighted by Crippen LogP contribution is 2.30. The van der Waals surface area contributed by atoms with Crippen molar-refractivity contribution < 1.29 is 22.3 Å². The molecule has 8 heteroatoms. The lowest BCUT2D eigenvalue weighted by molar-refractivity contribution is -0.117. The number of fused-ring (bicyclic) bond motifs is 1. The summed E-state index contributed by atoms with van der Waals surface area (Å²) in [6, 6.07) is 18.4. The zero-order chi connectivity index (χ0) is 26.8. The van der Waals surface area contributed by atoms with Crippen LogP contribution in [0, 0.1) is 5.82 Å². The number of imidazole rings is 1. The Morgan fingerprint density at radius 3 is 2.11 bits per heavy atom. The van der Waals surface area contributed by atoms with Gasteiger partial charge in [0.25, 0.3) is 0 Å². The van der Waals surface area contributed by atoms with Crippen LogP contribution in [0.1, 0.15) is 44.6 Å². The van der Waals surface area contributed by atoms with E-state index in [1.165, 1.54) is 12.1 Å². The van der Waals surface area contributed by atoms with Crippen molar-refractivity contribution in [1.82, 2.24) is 9.55 Å². The molecule has 0 unspecified atom stereocenters. The topological polar surface area (TPSA) is 78.3 Å². The Morgan fingerprint density at radius 2 is 1.54 bits per heavy atom. The summed E-state index contributed by atoms with van der Waals surface area (Å²) in [4.78, 5) is 17.6. The van der Waals surface area contributed by atoms with Crippen LogP contribution in [0.15, 0.2) is 71.6 Å². The van der Waals surface area contributed by atoms with Crippen LogP contribution >= 0.6 is 0 Å². The first-order chi connectivity index (χ1) is 17.5. The molecule has 0 radical (unpaired) electrons. The molecule has 6 nitrogen and oxygen atoms in total. The van der Waals surface area contributed by atoms with Gasteiger partial charge in [-0.2, -0.15) is 0 Å². The molecule has 1 heterocycles. The van der Waals surface area contributed by atoms with E-state index in [4.69, 9.17) is 9.72 Å². The van der Waals surface area contributed by atoms with Crippen molar-refractivity contribution in [3.8, 4) is 5.75 Å². The highest BCUT2D eigenvalue weighted by Gasteiger charge is 2.30. The number of ether oxygens (including phenoxy) is 1. The molecule has 0 saturated heterocycles. The number of carbonyl (C=O) groups is 1. The minimum absolute atomic E-state index is 0.0315. The summed E-state index contributed by atoms with van der Waals surface area (Å²) in [5.74, 6) is 1.10. The number of rotatable bonds is 10. The molecule has 3 aromatic carbocycles. The predicted molar refractivity (Wildman–Crippen MR) is 142 cm³/mol. The molecule has 0 fully saturated rings. The molecule has 0 N–H and O–H groups in total. The third-order valence-corrected chi connectivity index (χ3v) is 8.08. The van der Waals surface area contributed by atoms with Gasteiger partial charge in [0.2, 0.25) is 0 Å². The molecule has 0 amide bonds. The van der Waals surface area contributed by atoms with E-state index < -0.39 is 15.4 Å². The number of Topliss-reactive ketones (excluding diaryl/α,β-unsaturated/α-hetero) is 1. The molecule has 4 rings (SSSR count). The lowest BCUT2D eigenvalue weighted by Gasteiger charge is -2.26. The minimum atomic E-state index is -3.26. The van der Waals surface area contributed by atoms with Crippen LogP contribution < -0.4 is 4.74 Å². The Kier molecular flexibility index (Phi) is 7.50. The number of halogens is 1. The van der Waals surface area contributed by atoms with Crippen molar-refractivity contribution in [2.24, 2.45) is 0 Å². The van der Waals surface area contributed by atoms with Crippen molar-refractivity contribution in [2.45, 2.75) is 57.6 Å². The Labute approximate surface area is 217 Å². The normalized spacial score (nSPS) is 12.1. The number of aryl methyl sites for hydroxylation is 1. The highest BCUT2D eigenvalue weighted by molar-refractivity contribution is 7.91. The van der Waals surface area contributed by atoms with E-state index in [-0.39, 0.29) is 35.1 Å². The lowest BCUT2D eigenvalue weighted by Crippen LogP contribution is -2.29. The van der Waals surface area contributed by atoms with Gasteiger partial charge in [0.1, 0.15) is 17.3 Å². The van der Waals surface area contributed by atoms with Gasteiger partial charge >= 0.3 is 0 Å². The second-order valence-electron chi connectivity index (χ2n) is 9.51. The summed E-state index contributed by atoms with van der Waals surface area (Å²) in [7, 11) is -3.26. The first kappa shape index (κ1) is 26.5. The van der Waals surface area contributed by atoms with E-state index in [0.717, 1.165) is 16.6 Å². The van der Waals surface area contributed by atoms with Gasteiger partial charge < -0.3 is 9.30 Å². The fraction of sp³-hybridized carbons (Fsp3) is 0.310. The molecule has 37 heavy (non-hydrogen) atoms. The van der Waals surface area contributed by atoms with Gasteiger partial charge in [-0.05, 0) is 74.4 Å². The van der Waals surface area contributed by atoms with E-state index in [1.807, 2.05) is 49.6 Å². The quantitative estimate of drug-likeness (QED) is 0.269. The Balaban J connectivity index is 1.42. The number of sulfone groups is 1. The lowest BCUT2D eigenvalue weighted by atomic mass is 10.0. The van der Waals surface area contributed by atoms with Crippen LogP contribution in [0.5, 0.6) is 5.75 Å².